The molecule has 1 atom stereocenters. The standard InChI is InChI=1S/C16H17ClFN/c1-11-6-7-13(9-15(11)18)16(2,19)10-12-4-3-5-14(17)8-12/h3-9H,10,19H2,1-2H3. The molecule has 0 heterocycles. The molecule has 1 nitrogen and oxygen atoms in total. The van der Waals surface area contributed by atoms with Crippen LogP contribution in [-0.4, -0.2) is 0 Å². The molecule has 0 aliphatic carbocycles. The van der Waals surface area contributed by atoms with E-state index in [4.69, 9.17) is 17.3 Å². The van der Waals surface area contributed by atoms with Crippen molar-refractivity contribution in [2.45, 2.75) is 25.8 Å². The number of halogens is 2. The molecule has 0 saturated carbocycles. The Bertz CT molecular complexity index is 593. The molecular weight excluding hydrogens is 261 g/mol. The van der Waals surface area contributed by atoms with Gasteiger partial charge in [0.1, 0.15) is 5.82 Å². The van der Waals surface area contributed by atoms with E-state index in [1.807, 2.05) is 37.3 Å². The third kappa shape index (κ3) is 3.34. The molecule has 100 valence electrons. The zero-order valence-electron chi connectivity index (χ0n) is 11.1. The predicted molar refractivity (Wildman–Crippen MR) is 77.8 cm³/mol. The molecule has 0 saturated heterocycles. The maximum Gasteiger partial charge on any atom is 0.126 e. The third-order valence-electron chi connectivity index (χ3n) is 3.29. The molecule has 2 aromatic rings. The third-order valence-corrected chi connectivity index (χ3v) is 3.53. The molecule has 0 spiro atoms. The Morgan fingerprint density at radius 1 is 1.21 bits per heavy atom. The van der Waals surface area contributed by atoms with E-state index in [-0.39, 0.29) is 5.82 Å². The van der Waals surface area contributed by atoms with Crippen LogP contribution in [-0.2, 0) is 12.0 Å². The van der Waals surface area contributed by atoms with Gasteiger partial charge >= 0.3 is 0 Å². The number of benzene rings is 2. The number of aryl methyl sites for hydroxylation is 1. The van der Waals surface area contributed by atoms with Crippen LogP contribution >= 0.6 is 11.6 Å². The van der Waals surface area contributed by atoms with Gasteiger partial charge in [-0.25, -0.2) is 4.39 Å². The molecule has 0 fully saturated rings. The van der Waals surface area contributed by atoms with Crippen molar-refractivity contribution in [2.24, 2.45) is 5.73 Å². The van der Waals surface area contributed by atoms with Crippen molar-refractivity contribution in [2.75, 3.05) is 0 Å². The number of hydrogen-bond acceptors (Lipinski definition) is 1. The van der Waals surface area contributed by atoms with Gasteiger partial charge in [0, 0.05) is 10.6 Å². The highest BCUT2D eigenvalue weighted by molar-refractivity contribution is 6.30. The average Bonchev–Trinajstić information content (AvgIpc) is 2.32. The molecule has 2 aromatic carbocycles. The number of rotatable bonds is 3. The van der Waals surface area contributed by atoms with Gasteiger partial charge in [-0.3, -0.25) is 0 Å². The van der Waals surface area contributed by atoms with Gasteiger partial charge < -0.3 is 5.73 Å². The van der Waals surface area contributed by atoms with Crippen LogP contribution in [0.15, 0.2) is 42.5 Å². The Labute approximate surface area is 118 Å². The van der Waals surface area contributed by atoms with Gasteiger partial charge in [-0.15, -0.1) is 0 Å². The van der Waals surface area contributed by atoms with Crippen molar-refractivity contribution in [3.05, 3.63) is 70.0 Å². The number of hydrogen-bond donors (Lipinski definition) is 1. The summed E-state index contributed by atoms with van der Waals surface area (Å²) >= 11 is 5.96. The molecule has 0 aliphatic heterocycles. The van der Waals surface area contributed by atoms with Gasteiger partial charge in [-0.05, 0) is 55.2 Å². The summed E-state index contributed by atoms with van der Waals surface area (Å²) in [7, 11) is 0. The summed E-state index contributed by atoms with van der Waals surface area (Å²) in [6.45, 7) is 3.64. The van der Waals surface area contributed by atoms with Crippen LogP contribution in [0.25, 0.3) is 0 Å². The zero-order valence-corrected chi connectivity index (χ0v) is 11.8. The lowest BCUT2D eigenvalue weighted by molar-refractivity contribution is 0.485. The molecular formula is C16H17ClFN. The van der Waals surface area contributed by atoms with E-state index in [2.05, 4.69) is 0 Å². The lowest BCUT2D eigenvalue weighted by Gasteiger charge is -2.26. The van der Waals surface area contributed by atoms with Crippen LogP contribution in [0.4, 0.5) is 4.39 Å². The van der Waals surface area contributed by atoms with Crippen LogP contribution in [0.1, 0.15) is 23.6 Å². The topological polar surface area (TPSA) is 26.0 Å². The Kier molecular flexibility index (Phi) is 3.93. The summed E-state index contributed by atoms with van der Waals surface area (Å²) in [6.07, 6.45) is 0.607. The Morgan fingerprint density at radius 3 is 2.58 bits per heavy atom. The van der Waals surface area contributed by atoms with Crippen molar-refractivity contribution in [3.8, 4) is 0 Å². The van der Waals surface area contributed by atoms with E-state index in [1.54, 1.807) is 13.0 Å². The predicted octanol–water partition coefficient (Wildman–Crippen LogP) is 4.20. The minimum Gasteiger partial charge on any atom is -0.321 e. The largest absolute Gasteiger partial charge is 0.321 e. The van der Waals surface area contributed by atoms with Crippen LogP contribution in [0, 0.1) is 12.7 Å². The van der Waals surface area contributed by atoms with Crippen molar-refractivity contribution in [1.82, 2.24) is 0 Å². The molecule has 0 aliphatic rings. The van der Waals surface area contributed by atoms with Crippen molar-refractivity contribution >= 4 is 11.6 Å². The van der Waals surface area contributed by atoms with E-state index in [9.17, 15) is 4.39 Å². The summed E-state index contributed by atoms with van der Waals surface area (Å²) < 4.78 is 13.6. The first-order valence-corrected chi connectivity index (χ1v) is 6.56. The Morgan fingerprint density at radius 2 is 1.95 bits per heavy atom. The first-order chi connectivity index (χ1) is 8.88. The summed E-state index contributed by atoms with van der Waals surface area (Å²) in [5.74, 6) is -0.222. The molecule has 3 heteroatoms. The summed E-state index contributed by atoms with van der Waals surface area (Å²) in [5, 5.41) is 0.684. The maximum atomic E-state index is 13.6. The first-order valence-electron chi connectivity index (χ1n) is 6.18. The Hall–Kier alpha value is -1.38. The first kappa shape index (κ1) is 14.0. The second-order valence-electron chi connectivity index (χ2n) is 5.19. The molecule has 0 bridgehead atoms. The van der Waals surface area contributed by atoms with E-state index in [1.165, 1.54) is 6.07 Å². The van der Waals surface area contributed by atoms with Gasteiger partial charge in [-0.1, -0.05) is 35.9 Å². The smallest absolute Gasteiger partial charge is 0.126 e. The monoisotopic (exact) mass is 277 g/mol. The molecule has 0 amide bonds. The van der Waals surface area contributed by atoms with Gasteiger partial charge in [0.05, 0.1) is 0 Å². The lowest BCUT2D eigenvalue weighted by Crippen LogP contribution is -2.35. The molecule has 2 N–H and O–H groups in total. The van der Waals surface area contributed by atoms with E-state index < -0.39 is 5.54 Å². The highest BCUT2D eigenvalue weighted by Gasteiger charge is 2.22. The van der Waals surface area contributed by atoms with Gasteiger partial charge in [0.2, 0.25) is 0 Å². The fourth-order valence-corrected chi connectivity index (χ4v) is 2.33. The summed E-state index contributed by atoms with van der Waals surface area (Å²) in [4.78, 5) is 0. The zero-order chi connectivity index (χ0) is 14.0. The SMILES string of the molecule is Cc1ccc(C(C)(N)Cc2cccc(Cl)c2)cc1F. The highest BCUT2D eigenvalue weighted by atomic mass is 35.5. The molecule has 0 radical (unpaired) electrons. The van der Waals surface area contributed by atoms with Crippen LogP contribution < -0.4 is 5.73 Å². The quantitative estimate of drug-likeness (QED) is 0.894. The van der Waals surface area contributed by atoms with Gasteiger partial charge in [0.15, 0.2) is 0 Å². The summed E-state index contributed by atoms with van der Waals surface area (Å²) in [5.41, 5.74) is 8.16. The van der Waals surface area contributed by atoms with Crippen molar-refractivity contribution in [3.63, 3.8) is 0 Å². The van der Waals surface area contributed by atoms with Crippen molar-refractivity contribution in [1.29, 1.82) is 0 Å². The molecule has 2 rings (SSSR count). The van der Waals surface area contributed by atoms with Crippen LogP contribution in [0.3, 0.4) is 0 Å². The molecule has 0 aromatic heterocycles. The summed E-state index contributed by atoms with van der Waals surface area (Å²) in [6, 6.07) is 12.7. The minimum atomic E-state index is -0.626. The normalized spacial score (nSPS) is 14.2. The number of nitrogens with two attached hydrogens (primary N) is 1. The van der Waals surface area contributed by atoms with Crippen LogP contribution in [0.2, 0.25) is 5.02 Å². The Balaban J connectivity index is 2.29. The fraction of sp³-hybridized carbons (Fsp3) is 0.250. The average molecular weight is 278 g/mol. The van der Waals surface area contributed by atoms with Crippen molar-refractivity contribution < 1.29 is 4.39 Å². The van der Waals surface area contributed by atoms with E-state index in [0.29, 0.717) is 17.0 Å². The van der Waals surface area contributed by atoms with Gasteiger partial charge in [0.25, 0.3) is 0 Å². The molecule has 1 unspecified atom stereocenters. The van der Waals surface area contributed by atoms with Crippen LogP contribution in [0.5, 0.6) is 0 Å². The minimum absolute atomic E-state index is 0.222. The maximum absolute atomic E-state index is 13.6. The van der Waals surface area contributed by atoms with E-state index >= 15 is 0 Å². The second kappa shape index (κ2) is 5.32. The molecule has 19 heavy (non-hydrogen) atoms. The van der Waals surface area contributed by atoms with E-state index in [0.717, 1.165) is 11.1 Å². The second-order valence-corrected chi connectivity index (χ2v) is 5.62. The van der Waals surface area contributed by atoms with Gasteiger partial charge in [-0.2, -0.15) is 0 Å². The fourth-order valence-electron chi connectivity index (χ4n) is 2.12. The lowest BCUT2D eigenvalue weighted by atomic mass is 9.86. The highest BCUT2D eigenvalue weighted by Crippen LogP contribution is 2.25.